The molecule has 2 aromatic rings. The Kier molecular flexibility index (Phi) is 2.96. The lowest BCUT2D eigenvalue weighted by Crippen LogP contribution is -2.15. The topological polar surface area (TPSA) is 43.0 Å². The summed E-state index contributed by atoms with van der Waals surface area (Å²) in [5, 5.41) is 3.52. The van der Waals surface area contributed by atoms with Gasteiger partial charge in [-0.2, -0.15) is 0 Å². The molecule has 96 valence electrons. The SMILES string of the molecule is Cc1oc(Cn2ccnc2C)cc1CNC1CC1. The Bertz CT molecular complexity index is 537. The number of hydrogen-bond acceptors (Lipinski definition) is 3. The molecular formula is C14H19N3O. The maximum absolute atomic E-state index is 5.81. The van der Waals surface area contributed by atoms with Gasteiger partial charge in [0, 0.05) is 30.5 Å². The van der Waals surface area contributed by atoms with E-state index in [0.717, 1.165) is 36.5 Å². The lowest BCUT2D eigenvalue weighted by Gasteiger charge is -2.00. The van der Waals surface area contributed by atoms with E-state index >= 15 is 0 Å². The van der Waals surface area contributed by atoms with Gasteiger partial charge in [-0.15, -0.1) is 0 Å². The molecule has 0 spiro atoms. The molecule has 0 bridgehead atoms. The standard InChI is InChI=1S/C14H19N3O/c1-10-12(8-16-13-3-4-13)7-14(18-10)9-17-6-5-15-11(17)2/h5-7,13,16H,3-4,8-9H2,1-2H3. The quantitative estimate of drug-likeness (QED) is 0.879. The fourth-order valence-electron chi connectivity index (χ4n) is 2.12. The summed E-state index contributed by atoms with van der Waals surface area (Å²) >= 11 is 0. The number of hydrogen-bond donors (Lipinski definition) is 1. The van der Waals surface area contributed by atoms with E-state index in [1.54, 1.807) is 0 Å². The molecule has 0 atom stereocenters. The molecule has 0 amide bonds. The zero-order valence-electron chi connectivity index (χ0n) is 10.9. The van der Waals surface area contributed by atoms with Crippen LogP contribution in [0, 0.1) is 13.8 Å². The zero-order valence-corrected chi connectivity index (χ0v) is 10.9. The molecule has 1 fully saturated rings. The molecule has 18 heavy (non-hydrogen) atoms. The van der Waals surface area contributed by atoms with Gasteiger partial charge in [0.15, 0.2) is 0 Å². The van der Waals surface area contributed by atoms with Crippen LogP contribution in [-0.4, -0.2) is 15.6 Å². The van der Waals surface area contributed by atoms with E-state index in [4.69, 9.17) is 4.42 Å². The highest BCUT2D eigenvalue weighted by atomic mass is 16.3. The fraction of sp³-hybridized carbons (Fsp3) is 0.500. The van der Waals surface area contributed by atoms with Crippen LogP contribution in [0.1, 0.15) is 35.7 Å². The van der Waals surface area contributed by atoms with Crippen LogP contribution < -0.4 is 5.32 Å². The van der Waals surface area contributed by atoms with Gasteiger partial charge < -0.3 is 14.3 Å². The van der Waals surface area contributed by atoms with Gasteiger partial charge in [0.2, 0.25) is 0 Å². The molecular weight excluding hydrogens is 226 g/mol. The molecule has 2 aromatic heterocycles. The number of rotatable bonds is 5. The maximum atomic E-state index is 5.81. The lowest BCUT2D eigenvalue weighted by molar-refractivity contribution is 0.464. The van der Waals surface area contributed by atoms with E-state index in [-0.39, 0.29) is 0 Å². The van der Waals surface area contributed by atoms with Crippen molar-refractivity contribution in [3.8, 4) is 0 Å². The number of imidazole rings is 1. The van der Waals surface area contributed by atoms with E-state index in [1.807, 2.05) is 26.2 Å². The molecule has 3 rings (SSSR count). The summed E-state index contributed by atoms with van der Waals surface area (Å²) in [7, 11) is 0. The van der Waals surface area contributed by atoms with Gasteiger partial charge in [-0.25, -0.2) is 4.98 Å². The van der Waals surface area contributed by atoms with Crippen molar-refractivity contribution in [1.29, 1.82) is 0 Å². The summed E-state index contributed by atoms with van der Waals surface area (Å²) in [6.07, 6.45) is 6.44. The predicted octanol–water partition coefficient (Wildman–Crippen LogP) is 2.39. The van der Waals surface area contributed by atoms with Crippen molar-refractivity contribution in [2.75, 3.05) is 0 Å². The Balaban J connectivity index is 1.68. The van der Waals surface area contributed by atoms with Crippen LogP contribution in [0.25, 0.3) is 0 Å². The summed E-state index contributed by atoms with van der Waals surface area (Å²) in [6.45, 7) is 5.72. The van der Waals surface area contributed by atoms with Crippen molar-refractivity contribution in [3.05, 3.63) is 41.4 Å². The third kappa shape index (κ3) is 2.48. The second-order valence-electron chi connectivity index (χ2n) is 5.05. The van der Waals surface area contributed by atoms with Gasteiger partial charge in [-0.3, -0.25) is 0 Å². The third-order valence-electron chi connectivity index (χ3n) is 3.48. The van der Waals surface area contributed by atoms with Crippen LogP contribution in [0.15, 0.2) is 22.9 Å². The fourth-order valence-corrected chi connectivity index (χ4v) is 2.12. The summed E-state index contributed by atoms with van der Waals surface area (Å²) in [6, 6.07) is 2.89. The molecule has 0 saturated heterocycles. The minimum Gasteiger partial charge on any atom is -0.464 e. The van der Waals surface area contributed by atoms with Crippen molar-refractivity contribution < 1.29 is 4.42 Å². The molecule has 2 heterocycles. The third-order valence-corrected chi connectivity index (χ3v) is 3.48. The van der Waals surface area contributed by atoms with Crippen molar-refractivity contribution in [2.45, 2.75) is 45.8 Å². The van der Waals surface area contributed by atoms with Gasteiger partial charge in [-0.05, 0) is 32.8 Å². The monoisotopic (exact) mass is 245 g/mol. The van der Waals surface area contributed by atoms with E-state index in [0.29, 0.717) is 0 Å². The summed E-state index contributed by atoms with van der Waals surface area (Å²) < 4.78 is 7.90. The first kappa shape index (κ1) is 11.5. The minimum atomic E-state index is 0.735. The first-order valence-electron chi connectivity index (χ1n) is 6.51. The number of nitrogens with one attached hydrogen (secondary N) is 1. The molecule has 4 nitrogen and oxygen atoms in total. The van der Waals surface area contributed by atoms with Gasteiger partial charge >= 0.3 is 0 Å². The molecule has 1 aliphatic rings. The van der Waals surface area contributed by atoms with Crippen LogP contribution in [0.5, 0.6) is 0 Å². The Morgan fingerprint density at radius 2 is 2.28 bits per heavy atom. The van der Waals surface area contributed by atoms with E-state index in [9.17, 15) is 0 Å². The number of nitrogens with zero attached hydrogens (tertiary/aromatic N) is 2. The normalized spacial score (nSPS) is 15.2. The first-order chi connectivity index (χ1) is 8.72. The molecule has 1 N–H and O–H groups in total. The lowest BCUT2D eigenvalue weighted by atomic mass is 10.2. The number of aromatic nitrogens is 2. The van der Waals surface area contributed by atoms with Crippen LogP contribution in [-0.2, 0) is 13.1 Å². The van der Waals surface area contributed by atoms with Gasteiger partial charge in [0.05, 0.1) is 6.54 Å². The average Bonchev–Trinajstić information content (AvgIpc) is 3.00. The summed E-state index contributed by atoms with van der Waals surface area (Å²) in [4.78, 5) is 4.22. The molecule has 0 aromatic carbocycles. The Hall–Kier alpha value is -1.55. The van der Waals surface area contributed by atoms with Gasteiger partial charge in [0.25, 0.3) is 0 Å². The maximum Gasteiger partial charge on any atom is 0.124 e. The van der Waals surface area contributed by atoms with Crippen LogP contribution in [0.2, 0.25) is 0 Å². The van der Waals surface area contributed by atoms with Crippen molar-refractivity contribution in [3.63, 3.8) is 0 Å². The average molecular weight is 245 g/mol. The molecule has 0 aliphatic heterocycles. The molecule has 0 radical (unpaired) electrons. The zero-order chi connectivity index (χ0) is 12.5. The van der Waals surface area contributed by atoms with Crippen molar-refractivity contribution >= 4 is 0 Å². The van der Waals surface area contributed by atoms with Crippen LogP contribution in [0.3, 0.4) is 0 Å². The van der Waals surface area contributed by atoms with Gasteiger partial charge in [-0.1, -0.05) is 0 Å². The van der Waals surface area contributed by atoms with Gasteiger partial charge in [0.1, 0.15) is 17.3 Å². The molecule has 1 aliphatic carbocycles. The molecule has 4 heteroatoms. The Morgan fingerprint density at radius 3 is 2.94 bits per heavy atom. The van der Waals surface area contributed by atoms with E-state index < -0.39 is 0 Å². The van der Waals surface area contributed by atoms with Crippen LogP contribution >= 0.6 is 0 Å². The number of furan rings is 1. The largest absolute Gasteiger partial charge is 0.464 e. The Labute approximate surface area is 107 Å². The second-order valence-corrected chi connectivity index (χ2v) is 5.05. The smallest absolute Gasteiger partial charge is 0.124 e. The second kappa shape index (κ2) is 4.61. The minimum absolute atomic E-state index is 0.735. The number of aryl methyl sites for hydroxylation is 2. The first-order valence-corrected chi connectivity index (χ1v) is 6.51. The Morgan fingerprint density at radius 1 is 1.44 bits per heavy atom. The highest BCUT2D eigenvalue weighted by Crippen LogP contribution is 2.21. The summed E-state index contributed by atoms with van der Waals surface area (Å²) in [5.41, 5.74) is 1.27. The van der Waals surface area contributed by atoms with Crippen molar-refractivity contribution in [2.24, 2.45) is 0 Å². The van der Waals surface area contributed by atoms with E-state index in [2.05, 4.69) is 20.9 Å². The van der Waals surface area contributed by atoms with E-state index in [1.165, 1.54) is 18.4 Å². The molecule has 0 unspecified atom stereocenters. The molecule has 1 saturated carbocycles. The van der Waals surface area contributed by atoms with Crippen molar-refractivity contribution in [1.82, 2.24) is 14.9 Å². The predicted molar refractivity (Wildman–Crippen MR) is 69.4 cm³/mol. The summed E-state index contributed by atoms with van der Waals surface area (Å²) in [5.74, 6) is 3.04. The highest BCUT2D eigenvalue weighted by Gasteiger charge is 2.20. The van der Waals surface area contributed by atoms with Crippen LogP contribution in [0.4, 0.5) is 0 Å². The highest BCUT2D eigenvalue weighted by molar-refractivity contribution is 5.21.